The van der Waals surface area contributed by atoms with Gasteiger partial charge in [-0.2, -0.15) is 0 Å². The smallest absolute Gasteiger partial charge is 0.173 e. The Labute approximate surface area is 143 Å². The van der Waals surface area contributed by atoms with Gasteiger partial charge in [-0.3, -0.25) is 0 Å². The van der Waals surface area contributed by atoms with Gasteiger partial charge in [0.15, 0.2) is 5.11 Å². The van der Waals surface area contributed by atoms with Gasteiger partial charge in [0, 0.05) is 37.6 Å². The van der Waals surface area contributed by atoms with Crippen LogP contribution in [0.2, 0.25) is 0 Å². The van der Waals surface area contributed by atoms with E-state index in [0.29, 0.717) is 0 Å². The molecule has 3 nitrogen and oxygen atoms in total. The van der Waals surface area contributed by atoms with Gasteiger partial charge in [0.25, 0.3) is 0 Å². The zero-order chi connectivity index (χ0) is 16.1. The van der Waals surface area contributed by atoms with Crippen LogP contribution in [-0.4, -0.2) is 36.2 Å². The quantitative estimate of drug-likeness (QED) is 0.866. The normalized spacial score (nSPS) is 14.7. The number of piperazine rings is 1. The minimum absolute atomic E-state index is 0.832. The first kappa shape index (κ1) is 15.8. The maximum atomic E-state index is 5.62. The van der Waals surface area contributed by atoms with Gasteiger partial charge < -0.3 is 15.1 Å². The largest absolute Gasteiger partial charge is 0.368 e. The fourth-order valence-corrected chi connectivity index (χ4v) is 3.24. The van der Waals surface area contributed by atoms with Crippen LogP contribution >= 0.6 is 12.2 Å². The SMILES string of the molecule is CCc1ccccc1NC(=S)N1CCN(c2ccccc2)CC1. The molecule has 3 rings (SSSR count). The molecule has 0 amide bonds. The Morgan fingerprint density at radius 2 is 1.61 bits per heavy atom. The van der Waals surface area contributed by atoms with Gasteiger partial charge in [0.05, 0.1) is 0 Å². The number of benzene rings is 2. The molecular formula is C19H23N3S. The Morgan fingerprint density at radius 1 is 0.957 bits per heavy atom. The van der Waals surface area contributed by atoms with E-state index in [2.05, 4.69) is 76.6 Å². The summed E-state index contributed by atoms with van der Waals surface area (Å²) >= 11 is 5.62. The second kappa shape index (κ2) is 7.47. The summed E-state index contributed by atoms with van der Waals surface area (Å²) in [5.74, 6) is 0. The molecule has 1 aliphatic heterocycles. The van der Waals surface area contributed by atoms with Crippen molar-refractivity contribution in [2.24, 2.45) is 0 Å². The van der Waals surface area contributed by atoms with Crippen LogP contribution < -0.4 is 10.2 Å². The third-order valence-electron chi connectivity index (χ3n) is 4.33. The van der Waals surface area contributed by atoms with E-state index in [9.17, 15) is 0 Å². The molecule has 1 heterocycles. The number of para-hydroxylation sites is 2. The molecule has 0 atom stereocenters. The van der Waals surface area contributed by atoms with E-state index in [4.69, 9.17) is 12.2 Å². The number of nitrogens with one attached hydrogen (secondary N) is 1. The third-order valence-corrected chi connectivity index (χ3v) is 4.69. The molecule has 2 aromatic rings. The molecule has 1 fully saturated rings. The monoisotopic (exact) mass is 325 g/mol. The molecule has 2 aromatic carbocycles. The summed E-state index contributed by atoms with van der Waals surface area (Å²) in [6.07, 6.45) is 1.01. The zero-order valence-electron chi connectivity index (χ0n) is 13.5. The zero-order valence-corrected chi connectivity index (χ0v) is 14.4. The summed E-state index contributed by atoms with van der Waals surface area (Å²) in [5, 5.41) is 4.26. The van der Waals surface area contributed by atoms with Crippen molar-refractivity contribution in [1.82, 2.24) is 4.90 Å². The van der Waals surface area contributed by atoms with E-state index in [0.717, 1.165) is 43.4 Å². The lowest BCUT2D eigenvalue weighted by Crippen LogP contribution is -2.50. The lowest BCUT2D eigenvalue weighted by Gasteiger charge is -2.37. The fourth-order valence-electron chi connectivity index (χ4n) is 2.95. The van der Waals surface area contributed by atoms with E-state index in [1.54, 1.807) is 0 Å². The Balaban J connectivity index is 1.58. The predicted octanol–water partition coefficient (Wildman–Crippen LogP) is 3.77. The van der Waals surface area contributed by atoms with Gasteiger partial charge in [-0.25, -0.2) is 0 Å². The first-order chi connectivity index (χ1) is 11.3. The van der Waals surface area contributed by atoms with E-state index in [1.165, 1.54) is 11.3 Å². The minimum atomic E-state index is 0.832. The van der Waals surface area contributed by atoms with E-state index in [1.807, 2.05) is 0 Å². The van der Waals surface area contributed by atoms with Crippen LogP contribution in [-0.2, 0) is 6.42 Å². The molecule has 1 saturated heterocycles. The number of anilines is 2. The average Bonchev–Trinajstić information content (AvgIpc) is 2.63. The molecule has 4 heteroatoms. The summed E-state index contributed by atoms with van der Waals surface area (Å²) in [6, 6.07) is 19.0. The molecule has 0 spiro atoms. The fraction of sp³-hybridized carbons (Fsp3) is 0.316. The molecule has 0 bridgehead atoms. The number of rotatable bonds is 3. The lowest BCUT2D eigenvalue weighted by atomic mass is 10.1. The topological polar surface area (TPSA) is 18.5 Å². The second-order valence-corrected chi connectivity index (χ2v) is 6.14. The highest BCUT2D eigenvalue weighted by atomic mass is 32.1. The van der Waals surface area contributed by atoms with Crippen LogP contribution in [0, 0.1) is 0 Å². The minimum Gasteiger partial charge on any atom is -0.368 e. The maximum Gasteiger partial charge on any atom is 0.173 e. The number of thiocarbonyl (C=S) groups is 1. The van der Waals surface area contributed by atoms with Crippen molar-refractivity contribution < 1.29 is 0 Å². The van der Waals surface area contributed by atoms with Crippen molar-refractivity contribution in [2.75, 3.05) is 36.4 Å². The molecule has 120 valence electrons. The molecule has 0 aromatic heterocycles. The van der Waals surface area contributed by atoms with Crippen molar-refractivity contribution >= 4 is 28.7 Å². The van der Waals surface area contributed by atoms with Crippen LogP contribution in [0.25, 0.3) is 0 Å². The van der Waals surface area contributed by atoms with Gasteiger partial charge >= 0.3 is 0 Å². The van der Waals surface area contributed by atoms with E-state index in [-0.39, 0.29) is 0 Å². The number of aryl methyl sites for hydroxylation is 1. The van der Waals surface area contributed by atoms with Crippen LogP contribution in [0.3, 0.4) is 0 Å². The van der Waals surface area contributed by atoms with Gasteiger partial charge in [0.2, 0.25) is 0 Å². The van der Waals surface area contributed by atoms with Gasteiger partial charge in [0.1, 0.15) is 0 Å². The van der Waals surface area contributed by atoms with E-state index >= 15 is 0 Å². The Bertz CT molecular complexity index is 649. The average molecular weight is 325 g/mol. The summed E-state index contributed by atoms with van der Waals surface area (Å²) in [6.45, 7) is 6.08. The van der Waals surface area contributed by atoms with Crippen molar-refractivity contribution in [3.63, 3.8) is 0 Å². The molecule has 1 N–H and O–H groups in total. The van der Waals surface area contributed by atoms with Crippen molar-refractivity contribution in [3.8, 4) is 0 Å². The Kier molecular flexibility index (Phi) is 5.13. The summed E-state index contributed by atoms with van der Waals surface area (Å²) < 4.78 is 0. The third kappa shape index (κ3) is 3.82. The molecule has 0 unspecified atom stereocenters. The van der Waals surface area contributed by atoms with Crippen molar-refractivity contribution in [1.29, 1.82) is 0 Å². The van der Waals surface area contributed by atoms with Gasteiger partial charge in [-0.15, -0.1) is 0 Å². The van der Waals surface area contributed by atoms with Crippen molar-refractivity contribution in [2.45, 2.75) is 13.3 Å². The Hall–Kier alpha value is -2.07. The van der Waals surface area contributed by atoms with Crippen LogP contribution in [0.4, 0.5) is 11.4 Å². The molecule has 1 aliphatic rings. The van der Waals surface area contributed by atoms with Crippen LogP contribution in [0.5, 0.6) is 0 Å². The van der Waals surface area contributed by atoms with Crippen molar-refractivity contribution in [3.05, 3.63) is 60.2 Å². The molecule has 0 saturated carbocycles. The number of hydrogen-bond acceptors (Lipinski definition) is 2. The molecule has 0 radical (unpaired) electrons. The molecule has 23 heavy (non-hydrogen) atoms. The summed E-state index contributed by atoms with van der Waals surface area (Å²) in [4.78, 5) is 4.68. The summed E-state index contributed by atoms with van der Waals surface area (Å²) in [7, 11) is 0. The highest BCUT2D eigenvalue weighted by Crippen LogP contribution is 2.18. The second-order valence-electron chi connectivity index (χ2n) is 5.75. The lowest BCUT2D eigenvalue weighted by molar-refractivity contribution is 0.391. The summed E-state index contributed by atoms with van der Waals surface area (Å²) in [5.41, 5.74) is 3.73. The molecule has 0 aliphatic carbocycles. The highest BCUT2D eigenvalue weighted by Gasteiger charge is 2.19. The Morgan fingerprint density at radius 3 is 2.30 bits per heavy atom. The first-order valence-corrected chi connectivity index (χ1v) is 8.62. The molecular weight excluding hydrogens is 302 g/mol. The van der Waals surface area contributed by atoms with Crippen LogP contribution in [0.15, 0.2) is 54.6 Å². The number of hydrogen-bond donors (Lipinski definition) is 1. The van der Waals surface area contributed by atoms with E-state index < -0.39 is 0 Å². The van der Waals surface area contributed by atoms with Gasteiger partial charge in [-0.1, -0.05) is 43.3 Å². The first-order valence-electron chi connectivity index (χ1n) is 8.21. The predicted molar refractivity (Wildman–Crippen MR) is 102 cm³/mol. The maximum absolute atomic E-state index is 5.62. The highest BCUT2D eigenvalue weighted by molar-refractivity contribution is 7.80. The number of nitrogens with zero attached hydrogens (tertiary/aromatic N) is 2. The van der Waals surface area contributed by atoms with Crippen LogP contribution in [0.1, 0.15) is 12.5 Å². The van der Waals surface area contributed by atoms with Gasteiger partial charge in [-0.05, 0) is 42.4 Å². The standard InChI is InChI=1S/C19H23N3S/c1-2-16-8-6-7-11-18(16)20-19(23)22-14-12-21(13-15-22)17-9-4-3-5-10-17/h3-11H,2,12-15H2,1H3,(H,20,23).